The molecule has 0 aliphatic heterocycles. The zero-order valence-electron chi connectivity index (χ0n) is 14.8. The lowest BCUT2D eigenvalue weighted by Crippen LogP contribution is -2.31. The molecule has 0 aliphatic rings. The minimum Gasteiger partial charge on any atom is -0.469 e. The number of nitrogens with zero attached hydrogens (tertiary/aromatic N) is 3. The van der Waals surface area contributed by atoms with Crippen molar-refractivity contribution in [3.63, 3.8) is 0 Å². The molecule has 1 unspecified atom stereocenters. The van der Waals surface area contributed by atoms with E-state index in [0.717, 1.165) is 7.11 Å². The number of hydrogen-bond acceptors (Lipinski definition) is 11. The van der Waals surface area contributed by atoms with Crippen molar-refractivity contribution in [1.29, 1.82) is 0 Å². The summed E-state index contributed by atoms with van der Waals surface area (Å²) < 4.78 is 9.02. The Morgan fingerprint density at radius 3 is 1.93 bits per heavy atom. The molecule has 0 spiro atoms. The number of ether oxygens (including phenoxy) is 2. The third-order valence-corrected chi connectivity index (χ3v) is 3.59. The second-order valence-electron chi connectivity index (χ2n) is 5.32. The van der Waals surface area contributed by atoms with Crippen LogP contribution in [-0.2, 0) is 19.1 Å². The fraction of sp³-hybridized carbons (Fsp3) is 0.429. The summed E-state index contributed by atoms with van der Waals surface area (Å²) in [6.45, 7) is 0. The van der Waals surface area contributed by atoms with Gasteiger partial charge in [-0.15, -0.1) is 0 Å². The first-order valence-electron chi connectivity index (χ1n) is 7.64. The molecule has 28 heavy (non-hydrogen) atoms. The lowest BCUT2D eigenvalue weighted by atomic mass is 10.1. The Bertz CT molecular complexity index is 774. The van der Waals surface area contributed by atoms with E-state index in [1.54, 1.807) is 0 Å². The highest BCUT2D eigenvalue weighted by atomic mass is 16.6. The highest BCUT2D eigenvalue weighted by Gasteiger charge is 2.33. The molecule has 0 bridgehead atoms. The van der Waals surface area contributed by atoms with Crippen LogP contribution in [0.1, 0.15) is 19.3 Å². The predicted molar refractivity (Wildman–Crippen MR) is 91.7 cm³/mol. The molecule has 0 saturated heterocycles. The molecule has 0 radical (unpaired) electrons. The second-order valence-corrected chi connectivity index (χ2v) is 5.32. The van der Waals surface area contributed by atoms with Gasteiger partial charge in [-0.25, -0.2) is 4.79 Å². The number of non-ortho nitro benzene ring substituents is 1. The number of hydrogen-bond donors (Lipinski definition) is 1. The highest BCUT2D eigenvalue weighted by molar-refractivity contribution is 5.84. The molecule has 1 aromatic carbocycles. The summed E-state index contributed by atoms with van der Waals surface area (Å²) in [6, 6.07) is -0.204. The van der Waals surface area contributed by atoms with Crippen molar-refractivity contribution >= 4 is 34.7 Å². The maximum atomic E-state index is 12.0. The third kappa shape index (κ3) is 5.58. The van der Waals surface area contributed by atoms with Crippen LogP contribution in [0.2, 0.25) is 0 Å². The molecular weight excluding hydrogens is 384 g/mol. The Morgan fingerprint density at radius 1 is 1.00 bits per heavy atom. The molecule has 14 nitrogen and oxygen atoms in total. The Morgan fingerprint density at radius 2 is 1.54 bits per heavy atom. The van der Waals surface area contributed by atoms with Crippen molar-refractivity contribution in [2.45, 2.75) is 25.3 Å². The van der Waals surface area contributed by atoms with Crippen LogP contribution in [0.15, 0.2) is 12.1 Å². The van der Waals surface area contributed by atoms with Crippen molar-refractivity contribution in [3.05, 3.63) is 42.5 Å². The lowest BCUT2D eigenvalue weighted by molar-refractivity contribution is -0.401. The van der Waals surface area contributed by atoms with E-state index in [1.165, 1.54) is 7.11 Å². The molecule has 1 aromatic rings. The molecule has 1 atom stereocenters. The van der Waals surface area contributed by atoms with Gasteiger partial charge in [0.1, 0.15) is 6.04 Å². The van der Waals surface area contributed by atoms with Gasteiger partial charge in [0, 0.05) is 6.42 Å². The van der Waals surface area contributed by atoms with Crippen LogP contribution in [0.4, 0.5) is 22.7 Å². The van der Waals surface area contributed by atoms with E-state index >= 15 is 0 Å². The average Bonchev–Trinajstić information content (AvgIpc) is 2.65. The minimum absolute atomic E-state index is 0.0733. The van der Waals surface area contributed by atoms with Crippen LogP contribution >= 0.6 is 0 Å². The van der Waals surface area contributed by atoms with Crippen LogP contribution in [0.25, 0.3) is 0 Å². The van der Waals surface area contributed by atoms with E-state index in [2.05, 4.69) is 14.8 Å². The van der Waals surface area contributed by atoms with Crippen LogP contribution in [0, 0.1) is 30.3 Å². The number of nitro groups is 3. The zero-order valence-corrected chi connectivity index (χ0v) is 14.8. The molecule has 0 heterocycles. The first-order chi connectivity index (χ1) is 13.1. The predicted octanol–water partition coefficient (Wildman–Crippen LogP) is 1.71. The quantitative estimate of drug-likeness (QED) is 0.341. The Labute approximate surface area is 156 Å². The SMILES string of the molecule is COC(=O)CCCC(Nc1c([N+](=O)[O-])cc([N+](=O)[O-])cc1[N+](=O)[O-])C(=O)OC. The van der Waals surface area contributed by atoms with Crippen molar-refractivity contribution in [2.24, 2.45) is 0 Å². The normalized spacial score (nSPS) is 11.2. The summed E-state index contributed by atoms with van der Waals surface area (Å²) in [7, 11) is 2.21. The maximum Gasteiger partial charge on any atom is 0.328 e. The summed E-state index contributed by atoms with van der Waals surface area (Å²) in [5.74, 6) is -1.46. The summed E-state index contributed by atoms with van der Waals surface area (Å²) in [5.41, 5.74) is -3.45. The fourth-order valence-corrected chi connectivity index (χ4v) is 2.26. The van der Waals surface area contributed by atoms with E-state index in [9.17, 15) is 39.9 Å². The monoisotopic (exact) mass is 400 g/mol. The standard InChI is InChI=1S/C14H16N4O10/c1-27-12(19)5-3-4-9(14(20)28-2)15-13-10(17(23)24)6-8(16(21)22)7-11(13)18(25)26/h6-7,9,15H,3-5H2,1-2H3. The van der Waals surface area contributed by atoms with Crippen molar-refractivity contribution in [3.8, 4) is 0 Å². The number of methoxy groups -OCH3 is 2. The fourth-order valence-electron chi connectivity index (χ4n) is 2.26. The van der Waals surface area contributed by atoms with Crippen molar-refractivity contribution in [2.75, 3.05) is 19.5 Å². The molecule has 0 aliphatic carbocycles. The Balaban J connectivity index is 3.34. The largest absolute Gasteiger partial charge is 0.469 e. The molecule has 152 valence electrons. The third-order valence-electron chi connectivity index (χ3n) is 3.59. The van der Waals surface area contributed by atoms with Gasteiger partial charge in [0.05, 0.1) is 41.1 Å². The smallest absolute Gasteiger partial charge is 0.328 e. The number of nitro benzene ring substituents is 3. The summed E-state index contributed by atoms with van der Waals surface area (Å²) in [4.78, 5) is 53.5. The number of benzene rings is 1. The van der Waals surface area contributed by atoms with Gasteiger partial charge in [-0.1, -0.05) is 0 Å². The topological polar surface area (TPSA) is 194 Å². The van der Waals surface area contributed by atoms with Crippen LogP contribution in [-0.4, -0.2) is 47.0 Å². The van der Waals surface area contributed by atoms with Crippen molar-refractivity contribution < 1.29 is 33.8 Å². The lowest BCUT2D eigenvalue weighted by Gasteiger charge is -2.17. The van der Waals surface area contributed by atoms with E-state index < -0.39 is 55.5 Å². The summed E-state index contributed by atoms with van der Waals surface area (Å²) >= 11 is 0. The molecule has 1 rings (SSSR count). The second kappa shape index (κ2) is 9.75. The van der Waals surface area contributed by atoms with Gasteiger partial charge in [-0.3, -0.25) is 35.1 Å². The highest BCUT2D eigenvalue weighted by Crippen LogP contribution is 2.39. The van der Waals surface area contributed by atoms with Gasteiger partial charge < -0.3 is 14.8 Å². The Hall–Kier alpha value is -3.84. The van der Waals surface area contributed by atoms with Crippen molar-refractivity contribution in [1.82, 2.24) is 0 Å². The number of nitrogens with one attached hydrogen (secondary N) is 1. The zero-order chi connectivity index (χ0) is 21.4. The van der Waals surface area contributed by atoms with E-state index in [1.807, 2.05) is 0 Å². The molecule has 0 fully saturated rings. The van der Waals surface area contributed by atoms with Gasteiger partial charge in [0.25, 0.3) is 5.69 Å². The maximum absolute atomic E-state index is 12.0. The van der Waals surface area contributed by atoms with Gasteiger partial charge in [0.2, 0.25) is 0 Å². The molecule has 14 heteroatoms. The number of rotatable bonds is 10. The van der Waals surface area contributed by atoms with E-state index in [4.69, 9.17) is 0 Å². The molecule has 0 saturated carbocycles. The molecule has 0 amide bonds. The van der Waals surface area contributed by atoms with Gasteiger partial charge in [0.15, 0.2) is 5.69 Å². The Kier molecular flexibility index (Phi) is 7.73. The number of anilines is 1. The number of carbonyl (C=O) groups is 2. The number of esters is 2. The molecule has 1 N–H and O–H groups in total. The van der Waals surface area contributed by atoms with Crippen LogP contribution in [0.3, 0.4) is 0 Å². The number of carbonyl (C=O) groups excluding carboxylic acids is 2. The van der Waals surface area contributed by atoms with E-state index in [0.29, 0.717) is 12.1 Å². The van der Waals surface area contributed by atoms with Crippen LogP contribution < -0.4 is 5.32 Å². The first-order valence-corrected chi connectivity index (χ1v) is 7.64. The minimum atomic E-state index is -1.28. The van der Waals surface area contributed by atoms with Gasteiger partial charge in [-0.2, -0.15) is 0 Å². The average molecular weight is 400 g/mol. The van der Waals surface area contributed by atoms with Gasteiger partial charge >= 0.3 is 23.3 Å². The molecular formula is C14H16N4O10. The van der Waals surface area contributed by atoms with E-state index in [-0.39, 0.29) is 19.3 Å². The van der Waals surface area contributed by atoms with Crippen LogP contribution in [0.5, 0.6) is 0 Å². The summed E-state index contributed by atoms with van der Waals surface area (Å²) in [5, 5.41) is 35.8. The van der Waals surface area contributed by atoms with Gasteiger partial charge in [-0.05, 0) is 12.8 Å². The summed E-state index contributed by atoms with van der Waals surface area (Å²) in [6.07, 6.45) is -0.0444. The first kappa shape index (κ1) is 22.2. The molecule has 0 aromatic heterocycles.